The van der Waals surface area contributed by atoms with Crippen molar-refractivity contribution < 1.29 is 14.7 Å². The number of para-hydroxylation sites is 1. The van der Waals surface area contributed by atoms with Gasteiger partial charge < -0.3 is 10.4 Å². The highest BCUT2D eigenvalue weighted by atomic mass is 35.5. The summed E-state index contributed by atoms with van der Waals surface area (Å²) >= 11 is 13.5. The van der Waals surface area contributed by atoms with E-state index in [-0.39, 0.29) is 11.7 Å². The molecule has 1 aliphatic rings. The lowest BCUT2D eigenvalue weighted by Gasteiger charge is -2.08. The largest absolute Gasteiger partial charge is 0.475 e. The Balaban J connectivity index is 1.74. The fourth-order valence-corrected chi connectivity index (χ4v) is 4.29. The summed E-state index contributed by atoms with van der Waals surface area (Å²) in [4.78, 5) is 32.6. The smallest absolute Gasteiger partial charge is 0.375 e. The van der Waals surface area contributed by atoms with Crippen molar-refractivity contribution in [3.63, 3.8) is 0 Å². The van der Waals surface area contributed by atoms with E-state index in [1.54, 1.807) is 36.4 Å². The molecule has 2 aromatic carbocycles. The number of thioether (sulfide) groups is 1. The summed E-state index contributed by atoms with van der Waals surface area (Å²) in [5.41, 5.74) is 2.77. The minimum atomic E-state index is -1.26. The van der Waals surface area contributed by atoms with E-state index in [0.717, 1.165) is 22.9 Å². The maximum atomic E-state index is 12.5. The van der Waals surface area contributed by atoms with Crippen LogP contribution in [0.5, 0.6) is 0 Å². The standard InChI is InChI=1S/C20H13Cl2N5O3S/c1-2-10-9(6-7-13-15(10)23-17(19(29)30)27-26-13)8-14-18(28)25-20(31-14)24-16-11(21)4-3-5-12(16)22/h3-8H,2H2,1H3,(H,29,30)(H,24,25,28). The van der Waals surface area contributed by atoms with Gasteiger partial charge in [-0.3, -0.25) is 4.79 Å². The van der Waals surface area contributed by atoms with Gasteiger partial charge >= 0.3 is 5.97 Å². The first-order valence-electron chi connectivity index (χ1n) is 9.00. The van der Waals surface area contributed by atoms with Crippen molar-refractivity contribution in [2.24, 2.45) is 4.99 Å². The van der Waals surface area contributed by atoms with Crippen molar-refractivity contribution >= 4 is 74.8 Å². The third-order valence-corrected chi connectivity index (χ3v) is 5.92. The molecule has 0 atom stereocenters. The highest BCUT2D eigenvalue weighted by molar-refractivity contribution is 8.18. The van der Waals surface area contributed by atoms with E-state index in [1.807, 2.05) is 6.92 Å². The number of amidine groups is 1. The normalized spacial score (nSPS) is 16.3. The van der Waals surface area contributed by atoms with E-state index in [9.17, 15) is 9.59 Å². The number of carbonyl (C=O) groups is 2. The molecule has 31 heavy (non-hydrogen) atoms. The Hall–Kier alpha value is -3.01. The van der Waals surface area contributed by atoms with Crippen LogP contribution < -0.4 is 5.32 Å². The third kappa shape index (κ3) is 4.25. The second-order valence-corrected chi connectivity index (χ2v) is 8.19. The zero-order valence-electron chi connectivity index (χ0n) is 15.9. The van der Waals surface area contributed by atoms with E-state index in [4.69, 9.17) is 28.3 Å². The Bertz CT molecular complexity index is 1290. The molecule has 156 valence electrons. The number of halogens is 2. The predicted molar refractivity (Wildman–Crippen MR) is 121 cm³/mol. The molecule has 8 nitrogen and oxygen atoms in total. The lowest BCUT2D eigenvalue weighted by molar-refractivity contribution is -0.115. The summed E-state index contributed by atoms with van der Waals surface area (Å²) in [6.45, 7) is 1.91. The highest BCUT2D eigenvalue weighted by Crippen LogP contribution is 2.36. The van der Waals surface area contributed by atoms with Crippen LogP contribution in [0.15, 0.2) is 40.2 Å². The second-order valence-electron chi connectivity index (χ2n) is 6.35. The molecule has 0 spiro atoms. The number of carboxylic acid groups (broad SMARTS) is 1. The molecular weight excluding hydrogens is 461 g/mol. The molecular formula is C20H13Cl2N5O3S. The molecule has 1 saturated heterocycles. The summed E-state index contributed by atoms with van der Waals surface area (Å²) in [5, 5.41) is 20.5. The van der Waals surface area contributed by atoms with Crippen LogP contribution in [0.1, 0.15) is 28.7 Å². The first-order chi connectivity index (χ1) is 14.9. The van der Waals surface area contributed by atoms with Crippen LogP contribution >= 0.6 is 35.0 Å². The fraction of sp³-hybridized carbons (Fsp3) is 0.100. The van der Waals surface area contributed by atoms with Crippen LogP contribution in [0, 0.1) is 0 Å². The van der Waals surface area contributed by atoms with Gasteiger partial charge in [0.05, 0.1) is 20.5 Å². The van der Waals surface area contributed by atoms with Crippen LogP contribution in [-0.2, 0) is 11.2 Å². The van der Waals surface area contributed by atoms with Gasteiger partial charge in [-0.15, -0.1) is 10.2 Å². The first-order valence-corrected chi connectivity index (χ1v) is 10.6. The molecule has 1 fully saturated rings. The Morgan fingerprint density at radius 3 is 2.65 bits per heavy atom. The van der Waals surface area contributed by atoms with Gasteiger partial charge in [0.25, 0.3) is 11.7 Å². The monoisotopic (exact) mass is 473 g/mol. The SMILES string of the molecule is CCc1c(C=C2SC(=Nc3c(Cl)cccc3Cl)NC2=O)ccc2nnc(C(=O)O)nc12. The number of hydrogen-bond acceptors (Lipinski definition) is 7. The van der Waals surface area contributed by atoms with Crippen molar-refractivity contribution in [1.82, 2.24) is 20.5 Å². The Kier molecular flexibility index (Phi) is 5.90. The first kappa shape index (κ1) is 21.2. The molecule has 4 rings (SSSR count). The van der Waals surface area contributed by atoms with Crippen molar-refractivity contribution in [3.05, 3.63) is 62.2 Å². The summed E-state index contributed by atoms with van der Waals surface area (Å²) in [6, 6.07) is 8.51. The molecule has 11 heteroatoms. The van der Waals surface area contributed by atoms with E-state index in [2.05, 4.69) is 25.5 Å². The highest BCUT2D eigenvalue weighted by Gasteiger charge is 2.25. The van der Waals surface area contributed by atoms with Crippen molar-refractivity contribution in [2.75, 3.05) is 0 Å². The molecule has 3 aromatic rings. The number of rotatable bonds is 4. The zero-order valence-corrected chi connectivity index (χ0v) is 18.2. The lowest BCUT2D eigenvalue weighted by atomic mass is 10.0. The van der Waals surface area contributed by atoms with Crippen LogP contribution in [0.3, 0.4) is 0 Å². The van der Waals surface area contributed by atoms with Crippen molar-refractivity contribution in [3.8, 4) is 0 Å². The minimum absolute atomic E-state index is 0.318. The van der Waals surface area contributed by atoms with E-state index >= 15 is 0 Å². The number of benzene rings is 2. The van der Waals surface area contributed by atoms with Gasteiger partial charge in [-0.2, -0.15) is 0 Å². The number of nitrogens with zero attached hydrogens (tertiary/aromatic N) is 4. The summed E-state index contributed by atoms with van der Waals surface area (Å²) in [5.74, 6) is -1.96. The number of aromatic carboxylic acids is 1. The fourth-order valence-electron chi connectivity index (χ4n) is 2.99. The Labute approximate surface area is 190 Å². The molecule has 2 heterocycles. The van der Waals surface area contributed by atoms with Gasteiger partial charge in [-0.1, -0.05) is 42.3 Å². The molecule has 2 N–H and O–H groups in total. The Morgan fingerprint density at radius 2 is 1.97 bits per heavy atom. The molecule has 0 saturated carbocycles. The molecule has 1 aliphatic heterocycles. The summed E-state index contributed by atoms with van der Waals surface area (Å²) < 4.78 is 0. The molecule has 0 radical (unpaired) electrons. The lowest BCUT2D eigenvalue weighted by Crippen LogP contribution is -2.19. The van der Waals surface area contributed by atoms with Gasteiger partial charge in [-0.05, 0) is 53.6 Å². The second kappa shape index (κ2) is 8.62. The van der Waals surface area contributed by atoms with Gasteiger partial charge in [0.1, 0.15) is 11.2 Å². The van der Waals surface area contributed by atoms with Crippen molar-refractivity contribution in [2.45, 2.75) is 13.3 Å². The molecule has 0 aliphatic carbocycles. The molecule has 0 unspecified atom stereocenters. The molecule has 0 bridgehead atoms. The topological polar surface area (TPSA) is 117 Å². The number of hydrogen-bond donors (Lipinski definition) is 2. The summed E-state index contributed by atoms with van der Waals surface area (Å²) in [7, 11) is 0. The maximum absolute atomic E-state index is 12.5. The van der Waals surface area contributed by atoms with Crippen LogP contribution in [0.2, 0.25) is 10.0 Å². The van der Waals surface area contributed by atoms with E-state index < -0.39 is 5.97 Å². The number of fused-ring (bicyclic) bond motifs is 1. The van der Waals surface area contributed by atoms with Gasteiger partial charge in [0.2, 0.25) is 0 Å². The van der Waals surface area contributed by atoms with E-state index in [0.29, 0.717) is 43.3 Å². The number of aliphatic imine (C=N–C) groups is 1. The van der Waals surface area contributed by atoms with Crippen LogP contribution in [-0.4, -0.2) is 37.3 Å². The number of nitrogens with one attached hydrogen (secondary N) is 1. The van der Waals surface area contributed by atoms with Gasteiger partial charge in [-0.25, -0.2) is 14.8 Å². The van der Waals surface area contributed by atoms with Crippen molar-refractivity contribution in [1.29, 1.82) is 0 Å². The quantitative estimate of drug-likeness (QED) is 0.536. The van der Waals surface area contributed by atoms with Crippen LogP contribution in [0.25, 0.3) is 17.1 Å². The molecule has 1 amide bonds. The predicted octanol–water partition coefficient (Wildman–Crippen LogP) is 4.48. The van der Waals surface area contributed by atoms with Gasteiger partial charge in [0.15, 0.2) is 5.17 Å². The van der Waals surface area contributed by atoms with E-state index in [1.165, 1.54) is 0 Å². The number of carbonyl (C=O) groups excluding carboxylic acids is 1. The number of carboxylic acids is 1. The average Bonchev–Trinajstić information content (AvgIpc) is 3.09. The number of amides is 1. The average molecular weight is 474 g/mol. The molecule has 1 aromatic heterocycles. The summed E-state index contributed by atoms with van der Waals surface area (Å²) in [6.07, 6.45) is 2.26. The Morgan fingerprint density at radius 1 is 1.23 bits per heavy atom. The number of aryl methyl sites for hydroxylation is 1. The zero-order chi connectivity index (χ0) is 22.1. The number of aromatic nitrogens is 3. The maximum Gasteiger partial charge on any atom is 0.375 e. The van der Waals surface area contributed by atoms with Crippen LogP contribution in [0.4, 0.5) is 5.69 Å². The third-order valence-electron chi connectivity index (χ3n) is 4.40. The minimum Gasteiger partial charge on any atom is -0.475 e. The van der Waals surface area contributed by atoms with Gasteiger partial charge in [0, 0.05) is 0 Å².